The Balaban J connectivity index is 4.13. The topological polar surface area (TPSA) is 54.4 Å². The molecule has 0 aliphatic carbocycles. The second-order valence-corrected chi connectivity index (χ2v) is 7.64. The molecule has 3 nitrogen and oxygen atoms in total. The predicted octanol–water partition coefficient (Wildman–Crippen LogP) is 1.62. The zero-order valence-corrected chi connectivity index (χ0v) is 9.54. The third kappa shape index (κ3) is 3.69. The molecule has 0 aliphatic heterocycles. The fraction of sp³-hybridized carbons (Fsp3) is 0.600. The van der Waals surface area contributed by atoms with Gasteiger partial charge in [-0.1, -0.05) is 45.2 Å². The Bertz CT molecular complexity index is 164. The van der Waals surface area contributed by atoms with Crippen LogP contribution in [0.1, 0.15) is 13.3 Å². The summed E-state index contributed by atoms with van der Waals surface area (Å²) in [6.07, 6.45) is 0.0729. The molecule has 0 aromatic rings. The first kappa shape index (κ1) is 10.6. The second kappa shape index (κ2) is 3.84. The summed E-state index contributed by atoms with van der Waals surface area (Å²) in [5.41, 5.74) is 0. The summed E-state index contributed by atoms with van der Waals surface area (Å²) in [5, 5.41) is 8.52. The summed E-state index contributed by atoms with van der Waals surface area (Å²) in [4.78, 5) is 20.9. The van der Waals surface area contributed by atoms with Gasteiger partial charge in [-0.3, -0.25) is 4.79 Å². The number of carbonyl (C=O) groups is 2. The van der Waals surface area contributed by atoms with Crippen LogP contribution in [0.15, 0.2) is 0 Å². The number of carboxylic acids is 1. The Hall–Kier alpha value is 0.600. The van der Waals surface area contributed by atoms with E-state index in [1.165, 1.54) is 6.92 Å². The number of ketones is 1. The molecule has 0 aliphatic rings. The van der Waals surface area contributed by atoms with Crippen LogP contribution in [-0.4, -0.2) is 18.3 Å². The van der Waals surface area contributed by atoms with E-state index in [2.05, 4.69) is 0 Å². The molecule has 0 aromatic heterocycles. The van der Waals surface area contributed by atoms with Crippen LogP contribution in [0.25, 0.3) is 0 Å². The van der Waals surface area contributed by atoms with E-state index in [4.69, 9.17) is 5.11 Å². The molecule has 1 N–H and O–H groups in total. The van der Waals surface area contributed by atoms with Gasteiger partial charge in [-0.25, -0.2) is 4.79 Å². The van der Waals surface area contributed by atoms with Crippen LogP contribution < -0.4 is 0 Å². The largest absolute Gasteiger partial charge is 0.480 e. The van der Waals surface area contributed by atoms with Gasteiger partial charge in [0.2, 0.25) is 0 Å². The molecule has 5 heteroatoms. The van der Waals surface area contributed by atoms with Crippen LogP contribution in [0.5, 0.6) is 0 Å². The van der Waals surface area contributed by atoms with Crippen LogP contribution >= 0.6 is 45.2 Å². The fourth-order valence-corrected chi connectivity index (χ4v) is 1.46. The van der Waals surface area contributed by atoms with E-state index in [-0.39, 0.29) is 12.2 Å². The van der Waals surface area contributed by atoms with E-state index in [9.17, 15) is 9.59 Å². The first-order chi connectivity index (χ1) is 4.36. The number of rotatable bonds is 3. The lowest BCUT2D eigenvalue weighted by Gasteiger charge is -2.11. The number of carbonyl (C=O) groups excluding carboxylic acids is 1. The number of aliphatic carboxylic acids is 1. The summed E-state index contributed by atoms with van der Waals surface area (Å²) < 4.78 is -0.971. The lowest BCUT2D eigenvalue weighted by atomic mass is 10.2. The van der Waals surface area contributed by atoms with Gasteiger partial charge in [-0.2, -0.15) is 0 Å². The molecule has 0 unspecified atom stereocenters. The minimum atomic E-state index is -0.971. The maximum Gasteiger partial charge on any atom is 0.330 e. The third-order valence-corrected chi connectivity index (χ3v) is 2.47. The standard InChI is InChI=1S/C5H6I2O3/c1-3(8)2-5(6,7)4(9)10/h2H2,1H3,(H,9,10). The molecule has 0 radical (unpaired) electrons. The summed E-state index contributed by atoms with van der Waals surface area (Å²) in [7, 11) is 0. The summed E-state index contributed by atoms with van der Waals surface area (Å²) in [5.74, 6) is -1.06. The van der Waals surface area contributed by atoms with E-state index in [0.29, 0.717) is 0 Å². The molecular formula is C5H6I2O3. The first-order valence-electron chi connectivity index (χ1n) is 2.47. The molecule has 58 valence electrons. The van der Waals surface area contributed by atoms with Gasteiger partial charge in [-0.15, -0.1) is 0 Å². The summed E-state index contributed by atoms with van der Waals surface area (Å²) in [6.45, 7) is 1.38. The summed E-state index contributed by atoms with van der Waals surface area (Å²) in [6, 6.07) is 0. The molecule has 0 saturated heterocycles. The van der Waals surface area contributed by atoms with E-state index in [1.54, 1.807) is 45.2 Å². The normalized spacial score (nSPS) is 11.1. The molecule has 0 bridgehead atoms. The zero-order chi connectivity index (χ0) is 8.36. The minimum absolute atomic E-state index is 0.0729. The van der Waals surface area contributed by atoms with Gasteiger partial charge >= 0.3 is 5.97 Å². The Labute approximate surface area is 85.8 Å². The maximum absolute atomic E-state index is 10.5. The van der Waals surface area contributed by atoms with E-state index >= 15 is 0 Å². The number of carboxylic acid groups (broad SMARTS) is 1. The molecule has 10 heavy (non-hydrogen) atoms. The maximum atomic E-state index is 10.5. The van der Waals surface area contributed by atoms with Crippen molar-refractivity contribution >= 4 is 56.9 Å². The molecule has 0 spiro atoms. The highest BCUT2D eigenvalue weighted by molar-refractivity contribution is 14.2. The number of halogens is 2. The zero-order valence-electron chi connectivity index (χ0n) is 5.23. The Morgan fingerprint density at radius 2 is 1.90 bits per heavy atom. The average Bonchev–Trinajstić information content (AvgIpc) is 1.60. The molecule has 0 atom stereocenters. The van der Waals surface area contributed by atoms with Crippen molar-refractivity contribution in [1.29, 1.82) is 0 Å². The number of hydrogen-bond donors (Lipinski definition) is 1. The molecule has 0 fully saturated rings. The van der Waals surface area contributed by atoms with Crippen molar-refractivity contribution in [2.45, 2.75) is 14.8 Å². The summed E-state index contributed by atoms with van der Waals surface area (Å²) >= 11 is 3.49. The average molecular weight is 368 g/mol. The SMILES string of the molecule is CC(=O)CC(I)(I)C(=O)O. The van der Waals surface area contributed by atoms with Gasteiger partial charge in [0.15, 0.2) is 1.43 Å². The third-order valence-electron chi connectivity index (χ3n) is 0.784. The van der Waals surface area contributed by atoms with Crippen molar-refractivity contribution in [1.82, 2.24) is 0 Å². The highest BCUT2D eigenvalue weighted by Gasteiger charge is 2.33. The molecule has 0 amide bonds. The molecular weight excluding hydrogens is 362 g/mol. The van der Waals surface area contributed by atoms with Crippen molar-refractivity contribution in [2.75, 3.05) is 0 Å². The molecule has 0 heterocycles. The Morgan fingerprint density at radius 3 is 2.00 bits per heavy atom. The fourth-order valence-electron chi connectivity index (χ4n) is 0.388. The van der Waals surface area contributed by atoms with Crippen molar-refractivity contribution in [2.24, 2.45) is 0 Å². The number of Topliss-reactive ketones (excluding diaryl/α,β-unsaturated/α-hetero) is 1. The van der Waals surface area contributed by atoms with Crippen molar-refractivity contribution < 1.29 is 14.7 Å². The van der Waals surface area contributed by atoms with Crippen molar-refractivity contribution in [3.05, 3.63) is 0 Å². The van der Waals surface area contributed by atoms with Gasteiger partial charge in [0, 0.05) is 6.42 Å². The molecule has 0 saturated carbocycles. The van der Waals surface area contributed by atoms with Crippen LogP contribution in [0.4, 0.5) is 0 Å². The van der Waals surface area contributed by atoms with Crippen LogP contribution in [0.2, 0.25) is 0 Å². The van der Waals surface area contributed by atoms with Crippen molar-refractivity contribution in [3.8, 4) is 0 Å². The van der Waals surface area contributed by atoms with E-state index < -0.39 is 7.40 Å². The lowest BCUT2D eigenvalue weighted by molar-refractivity contribution is -0.137. The smallest absolute Gasteiger partial charge is 0.330 e. The first-order valence-corrected chi connectivity index (χ1v) is 4.62. The van der Waals surface area contributed by atoms with Gasteiger partial charge in [0.05, 0.1) is 0 Å². The number of alkyl halides is 2. The predicted molar refractivity (Wildman–Crippen MR) is 53.7 cm³/mol. The second-order valence-electron chi connectivity index (χ2n) is 1.89. The van der Waals surface area contributed by atoms with E-state index in [1.807, 2.05) is 0 Å². The van der Waals surface area contributed by atoms with E-state index in [0.717, 1.165) is 0 Å². The minimum Gasteiger partial charge on any atom is -0.480 e. The van der Waals surface area contributed by atoms with Gasteiger partial charge in [0.25, 0.3) is 0 Å². The molecule has 0 aromatic carbocycles. The Morgan fingerprint density at radius 1 is 1.50 bits per heavy atom. The van der Waals surface area contributed by atoms with Crippen molar-refractivity contribution in [3.63, 3.8) is 0 Å². The van der Waals surface area contributed by atoms with Gasteiger partial charge in [0.1, 0.15) is 5.78 Å². The highest BCUT2D eigenvalue weighted by atomic mass is 127. The van der Waals surface area contributed by atoms with Gasteiger partial charge in [-0.05, 0) is 6.92 Å². The lowest BCUT2D eigenvalue weighted by Crippen LogP contribution is -2.26. The Kier molecular flexibility index (Phi) is 4.07. The highest BCUT2D eigenvalue weighted by Crippen LogP contribution is 2.31. The molecule has 0 rings (SSSR count). The quantitative estimate of drug-likeness (QED) is 0.609. The van der Waals surface area contributed by atoms with Gasteiger partial charge < -0.3 is 5.11 Å². The van der Waals surface area contributed by atoms with Crippen LogP contribution in [0, 0.1) is 0 Å². The monoisotopic (exact) mass is 368 g/mol. The van der Waals surface area contributed by atoms with Crippen LogP contribution in [-0.2, 0) is 9.59 Å². The van der Waals surface area contributed by atoms with Crippen LogP contribution in [0.3, 0.4) is 0 Å². The number of hydrogen-bond acceptors (Lipinski definition) is 2.